The molecule has 2 N–H and O–H groups in total. The molecule has 0 atom stereocenters. The summed E-state index contributed by atoms with van der Waals surface area (Å²) in [6.45, 7) is 5.88. The second kappa shape index (κ2) is 9.32. The highest BCUT2D eigenvalue weighted by Crippen LogP contribution is 2.13. The second-order valence-corrected chi connectivity index (χ2v) is 5.77. The minimum absolute atomic E-state index is 0.163. The summed E-state index contributed by atoms with van der Waals surface area (Å²) in [5.74, 6) is 1.01. The second-order valence-electron chi connectivity index (χ2n) is 5.77. The van der Waals surface area contributed by atoms with E-state index in [0.717, 1.165) is 44.0 Å². The quantitative estimate of drug-likeness (QED) is 0.723. The first-order valence-electron chi connectivity index (χ1n) is 8.08. The molecule has 7 heteroatoms. The van der Waals surface area contributed by atoms with Crippen LogP contribution in [0.25, 0.3) is 0 Å². The lowest BCUT2D eigenvalue weighted by molar-refractivity contribution is 0.193. The van der Waals surface area contributed by atoms with Crippen LogP contribution in [0.1, 0.15) is 12.0 Å². The SMILES string of the molecule is COCCCNC(=O)NCc1ccc(N2CCN(C)CC2)nc1. The van der Waals surface area contributed by atoms with Gasteiger partial charge in [0.2, 0.25) is 0 Å². The van der Waals surface area contributed by atoms with Crippen molar-refractivity contribution in [2.45, 2.75) is 13.0 Å². The lowest BCUT2D eigenvalue weighted by atomic mass is 10.2. The normalized spacial score (nSPS) is 15.5. The smallest absolute Gasteiger partial charge is 0.315 e. The van der Waals surface area contributed by atoms with Gasteiger partial charge in [0.15, 0.2) is 0 Å². The molecule has 0 aromatic carbocycles. The number of likely N-dealkylation sites (N-methyl/N-ethyl adjacent to an activating group) is 1. The average molecular weight is 321 g/mol. The fourth-order valence-electron chi connectivity index (χ4n) is 2.41. The van der Waals surface area contributed by atoms with Gasteiger partial charge in [0.05, 0.1) is 0 Å². The van der Waals surface area contributed by atoms with Crippen LogP contribution < -0.4 is 15.5 Å². The molecular weight excluding hydrogens is 294 g/mol. The van der Waals surface area contributed by atoms with E-state index in [1.165, 1.54) is 0 Å². The van der Waals surface area contributed by atoms with Gasteiger partial charge in [-0.25, -0.2) is 9.78 Å². The number of carbonyl (C=O) groups excluding carboxylic acids is 1. The zero-order valence-corrected chi connectivity index (χ0v) is 14.0. The van der Waals surface area contributed by atoms with Crippen molar-refractivity contribution in [3.8, 4) is 0 Å². The van der Waals surface area contributed by atoms with Crippen LogP contribution in [-0.2, 0) is 11.3 Å². The summed E-state index contributed by atoms with van der Waals surface area (Å²) in [6, 6.07) is 3.88. The number of hydrogen-bond donors (Lipinski definition) is 2. The van der Waals surface area contributed by atoms with Crippen LogP contribution in [0.5, 0.6) is 0 Å². The number of rotatable bonds is 7. The Bertz CT molecular complexity index is 472. The number of piperazine rings is 1. The van der Waals surface area contributed by atoms with Crippen LogP contribution in [0.15, 0.2) is 18.3 Å². The number of carbonyl (C=O) groups is 1. The number of ether oxygens (including phenoxy) is 1. The molecule has 1 aromatic rings. The standard InChI is InChI=1S/C16H27N5O2/c1-20-7-9-21(10-8-20)15-5-4-14(12-18-15)13-19-16(22)17-6-3-11-23-2/h4-5,12H,3,6-11,13H2,1-2H3,(H2,17,19,22). The predicted octanol–water partition coefficient (Wildman–Crippen LogP) is 0.669. The highest BCUT2D eigenvalue weighted by Gasteiger charge is 2.14. The third-order valence-electron chi connectivity index (χ3n) is 3.90. The Labute approximate surface area is 138 Å². The maximum absolute atomic E-state index is 11.6. The van der Waals surface area contributed by atoms with Gasteiger partial charge in [-0.15, -0.1) is 0 Å². The van der Waals surface area contributed by atoms with Crippen LogP contribution in [0.3, 0.4) is 0 Å². The number of nitrogens with zero attached hydrogens (tertiary/aromatic N) is 3. The monoisotopic (exact) mass is 321 g/mol. The van der Waals surface area contributed by atoms with Crippen molar-refractivity contribution >= 4 is 11.8 Å². The van der Waals surface area contributed by atoms with E-state index in [1.807, 2.05) is 18.3 Å². The third-order valence-corrected chi connectivity index (χ3v) is 3.90. The van der Waals surface area contributed by atoms with Gasteiger partial charge in [-0.1, -0.05) is 6.07 Å². The van der Waals surface area contributed by atoms with E-state index in [2.05, 4.69) is 32.5 Å². The lowest BCUT2D eigenvalue weighted by Gasteiger charge is -2.33. The first kappa shape index (κ1) is 17.5. The third kappa shape index (κ3) is 6.03. The first-order chi connectivity index (χ1) is 11.2. The van der Waals surface area contributed by atoms with E-state index >= 15 is 0 Å². The van der Waals surface area contributed by atoms with Gasteiger partial charge in [0.1, 0.15) is 5.82 Å². The summed E-state index contributed by atoms with van der Waals surface area (Å²) in [6.07, 6.45) is 2.64. The molecule has 0 bridgehead atoms. The number of methoxy groups -OCH3 is 1. The molecule has 1 fully saturated rings. The van der Waals surface area contributed by atoms with Gasteiger partial charge in [-0.05, 0) is 25.1 Å². The minimum atomic E-state index is -0.163. The first-order valence-corrected chi connectivity index (χ1v) is 8.08. The molecule has 23 heavy (non-hydrogen) atoms. The summed E-state index contributed by atoms with van der Waals surface area (Å²) >= 11 is 0. The van der Waals surface area contributed by atoms with Crippen LogP contribution >= 0.6 is 0 Å². The molecule has 0 radical (unpaired) electrons. The van der Waals surface area contributed by atoms with Crippen LogP contribution in [0.2, 0.25) is 0 Å². The van der Waals surface area contributed by atoms with Gasteiger partial charge in [0.25, 0.3) is 0 Å². The summed E-state index contributed by atoms with van der Waals surface area (Å²) in [5, 5.41) is 5.62. The summed E-state index contributed by atoms with van der Waals surface area (Å²) < 4.78 is 4.93. The zero-order chi connectivity index (χ0) is 16.5. The summed E-state index contributed by atoms with van der Waals surface area (Å²) in [4.78, 5) is 20.8. The van der Waals surface area contributed by atoms with Crippen molar-refractivity contribution in [2.24, 2.45) is 0 Å². The molecule has 128 valence electrons. The Morgan fingerprint density at radius 3 is 2.70 bits per heavy atom. The van der Waals surface area contributed by atoms with E-state index in [1.54, 1.807) is 7.11 Å². The van der Waals surface area contributed by atoms with Gasteiger partial charge in [-0.3, -0.25) is 0 Å². The van der Waals surface area contributed by atoms with Crippen molar-refractivity contribution < 1.29 is 9.53 Å². The van der Waals surface area contributed by atoms with Gasteiger partial charge >= 0.3 is 6.03 Å². The number of hydrogen-bond acceptors (Lipinski definition) is 5. The van der Waals surface area contributed by atoms with Crippen molar-refractivity contribution in [3.05, 3.63) is 23.9 Å². The molecule has 1 aromatic heterocycles. The van der Waals surface area contributed by atoms with Crippen LogP contribution in [0, 0.1) is 0 Å². The molecule has 7 nitrogen and oxygen atoms in total. The fraction of sp³-hybridized carbons (Fsp3) is 0.625. The van der Waals surface area contributed by atoms with Gasteiger partial charge < -0.3 is 25.2 Å². The van der Waals surface area contributed by atoms with E-state index in [0.29, 0.717) is 19.7 Å². The maximum atomic E-state index is 11.6. The Morgan fingerprint density at radius 1 is 1.26 bits per heavy atom. The van der Waals surface area contributed by atoms with Crippen molar-refractivity contribution in [1.29, 1.82) is 0 Å². The zero-order valence-electron chi connectivity index (χ0n) is 14.0. The van der Waals surface area contributed by atoms with Gasteiger partial charge in [-0.2, -0.15) is 0 Å². The number of nitrogens with one attached hydrogen (secondary N) is 2. The van der Waals surface area contributed by atoms with Crippen molar-refractivity contribution in [3.63, 3.8) is 0 Å². The van der Waals surface area contributed by atoms with Crippen LogP contribution in [-0.4, -0.2) is 69.4 Å². The molecule has 2 rings (SSSR count). The molecule has 1 aliphatic heterocycles. The van der Waals surface area contributed by atoms with Gasteiger partial charge in [0, 0.05) is 59.2 Å². The minimum Gasteiger partial charge on any atom is -0.385 e. The highest BCUT2D eigenvalue weighted by atomic mass is 16.5. The Balaban J connectivity index is 1.71. The molecule has 0 unspecified atom stereocenters. The summed E-state index contributed by atoms with van der Waals surface area (Å²) in [5.41, 5.74) is 0.995. The largest absolute Gasteiger partial charge is 0.385 e. The number of amides is 2. The molecular formula is C16H27N5O2. The summed E-state index contributed by atoms with van der Waals surface area (Å²) in [7, 11) is 3.79. The average Bonchev–Trinajstić information content (AvgIpc) is 2.58. The number of pyridine rings is 1. The lowest BCUT2D eigenvalue weighted by Crippen LogP contribution is -2.44. The molecule has 0 aliphatic carbocycles. The molecule has 2 amide bonds. The maximum Gasteiger partial charge on any atom is 0.315 e. The topological polar surface area (TPSA) is 69.7 Å². The van der Waals surface area contributed by atoms with Crippen molar-refractivity contribution in [2.75, 3.05) is 58.4 Å². The number of anilines is 1. The number of urea groups is 1. The predicted molar refractivity (Wildman–Crippen MR) is 90.7 cm³/mol. The van der Waals surface area contributed by atoms with Crippen LogP contribution in [0.4, 0.5) is 10.6 Å². The molecule has 2 heterocycles. The van der Waals surface area contributed by atoms with E-state index in [4.69, 9.17) is 4.74 Å². The molecule has 0 spiro atoms. The van der Waals surface area contributed by atoms with Crippen molar-refractivity contribution in [1.82, 2.24) is 20.5 Å². The Kier molecular flexibility index (Phi) is 7.09. The fourth-order valence-corrected chi connectivity index (χ4v) is 2.41. The van der Waals surface area contributed by atoms with E-state index in [-0.39, 0.29) is 6.03 Å². The molecule has 1 aliphatic rings. The number of aromatic nitrogens is 1. The van der Waals surface area contributed by atoms with E-state index in [9.17, 15) is 4.79 Å². The molecule has 1 saturated heterocycles. The molecule has 0 saturated carbocycles. The Morgan fingerprint density at radius 2 is 2.04 bits per heavy atom. The Hall–Kier alpha value is -1.86. The highest BCUT2D eigenvalue weighted by molar-refractivity contribution is 5.73. The van der Waals surface area contributed by atoms with E-state index < -0.39 is 0 Å².